The van der Waals surface area contributed by atoms with Crippen LogP contribution in [0.15, 0.2) is 253 Å². The average molecular weight is 844 g/mol. The summed E-state index contributed by atoms with van der Waals surface area (Å²) < 4.78 is 6.76. The summed E-state index contributed by atoms with van der Waals surface area (Å²) in [7, 11) is 0. The summed E-state index contributed by atoms with van der Waals surface area (Å²) in [6.07, 6.45) is 4.26. The van der Waals surface area contributed by atoms with Gasteiger partial charge in [-0.3, -0.25) is 0 Å². The summed E-state index contributed by atoms with van der Waals surface area (Å²) in [6, 6.07) is 87.9. The second-order valence-electron chi connectivity index (χ2n) is 17.1. The maximum absolute atomic E-state index is 6.76. The van der Waals surface area contributed by atoms with Gasteiger partial charge in [-0.2, -0.15) is 0 Å². The van der Waals surface area contributed by atoms with Crippen molar-refractivity contribution in [1.82, 2.24) is 0 Å². The number of fused-ring (bicyclic) bond motifs is 4. The molecule has 0 amide bonds. The maximum atomic E-state index is 6.76. The quantitative estimate of drug-likeness (QED) is 0.144. The molecule has 0 atom stereocenters. The van der Waals surface area contributed by atoms with Crippen molar-refractivity contribution in [3.8, 4) is 55.6 Å². The first kappa shape index (κ1) is 39.2. The average Bonchev–Trinajstić information content (AvgIpc) is 3.79. The molecule has 1 aromatic heterocycles. The molecule has 1 aliphatic carbocycles. The van der Waals surface area contributed by atoms with E-state index in [1.54, 1.807) is 0 Å². The smallest absolute Gasteiger partial charge is 0.138 e. The molecule has 66 heavy (non-hydrogen) atoms. The third-order valence-corrected chi connectivity index (χ3v) is 13.2. The highest BCUT2D eigenvalue weighted by Crippen LogP contribution is 2.48. The molecular weight excluding hydrogens is 799 g/mol. The molecule has 0 unspecified atom stereocenters. The fourth-order valence-electron chi connectivity index (χ4n) is 9.93. The Morgan fingerprint density at radius 2 is 0.909 bits per heavy atom. The molecule has 12 rings (SSSR count). The van der Waals surface area contributed by atoms with Crippen molar-refractivity contribution in [1.29, 1.82) is 0 Å². The highest BCUT2D eigenvalue weighted by molar-refractivity contribution is 5.99. The first-order chi connectivity index (χ1) is 32.7. The van der Waals surface area contributed by atoms with Gasteiger partial charge in [-0.25, -0.2) is 0 Å². The lowest BCUT2D eigenvalue weighted by Crippen LogP contribution is -2.14. The van der Waals surface area contributed by atoms with E-state index in [-0.39, 0.29) is 0 Å². The molecular formula is C64H45NO. The predicted octanol–water partition coefficient (Wildman–Crippen LogP) is 17.8. The number of rotatable bonds is 9. The zero-order chi connectivity index (χ0) is 43.8. The highest BCUT2D eigenvalue weighted by Gasteiger charge is 2.27. The number of anilines is 3. The molecule has 0 saturated carbocycles. The Labute approximate surface area is 386 Å². The number of nitrogens with zero attached hydrogens (tertiary/aromatic N) is 1. The number of hydrogen-bond donors (Lipinski definition) is 0. The molecule has 0 N–H and O–H groups in total. The van der Waals surface area contributed by atoms with Crippen LogP contribution in [0, 0.1) is 0 Å². The van der Waals surface area contributed by atoms with Crippen molar-refractivity contribution in [3.63, 3.8) is 0 Å². The Bertz CT molecular complexity index is 3570. The standard InChI is InChI=1S/C64H45NO/c1-4-18-46(19-5-1)54-39-35-51(42-60(54)48-22-8-3-9-23-48)45-33-37-53(38-34-45)65(61-29-14-12-25-56(61)58-27-16-28-59-57-26-13-15-30-63(57)66-64(58)59)62-43-52(36-40-55(62)47-20-6-2-7-21-47)50-32-31-44-17-10-11-24-49(44)41-50/h1-15,17-27,29-43H,16,28H2. The lowest BCUT2D eigenvalue weighted by Gasteiger charge is -2.31. The van der Waals surface area contributed by atoms with Crippen LogP contribution in [0.4, 0.5) is 17.1 Å². The molecule has 10 aromatic carbocycles. The maximum Gasteiger partial charge on any atom is 0.138 e. The van der Waals surface area contributed by atoms with E-state index >= 15 is 0 Å². The zero-order valence-corrected chi connectivity index (χ0v) is 36.4. The Kier molecular flexibility index (Phi) is 10.0. The topological polar surface area (TPSA) is 16.4 Å². The largest absolute Gasteiger partial charge is 0.456 e. The number of benzene rings is 10. The molecule has 312 valence electrons. The second-order valence-corrected chi connectivity index (χ2v) is 17.1. The van der Waals surface area contributed by atoms with Crippen LogP contribution < -0.4 is 4.90 Å². The van der Waals surface area contributed by atoms with Gasteiger partial charge in [0.2, 0.25) is 0 Å². The summed E-state index contributed by atoms with van der Waals surface area (Å²) in [6.45, 7) is 0. The van der Waals surface area contributed by atoms with Gasteiger partial charge in [0, 0.05) is 33.3 Å². The second kappa shape index (κ2) is 16.9. The predicted molar refractivity (Wildman–Crippen MR) is 277 cm³/mol. The molecule has 1 aliphatic rings. The summed E-state index contributed by atoms with van der Waals surface area (Å²) >= 11 is 0. The first-order valence-electron chi connectivity index (χ1n) is 22.9. The number of aryl methyl sites for hydroxylation is 1. The molecule has 2 nitrogen and oxygen atoms in total. The first-order valence-corrected chi connectivity index (χ1v) is 22.9. The summed E-state index contributed by atoms with van der Waals surface area (Å²) in [4.78, 5) is 2.47. The Balaban J connectivity index is 1.05. The van der Waals surface area contributed by atoms with Gasteiger partial charge >= 0.3 is 0 Å². The molecule has 11 aromatic rings. The van der Waals surface area contributed by atoms with Crippen LogP contribution in [-0.4, -0.2) is 0 Å². The van der Waals surface area contributed by atoms with Crippen LogP contribution in [0.25, 0.3) is 82.9 Å². The Hall–Kier alpha value is -8.46. The summed E-state index contributed by atoms with van der Waals surface area (Å²) in [5.74, 6) is 0.964. The van der Waals surface area contributed by atoms with Crippen molar-refractivity contribution >= 4 is 44.4 Å². The van der Waals surface area contributed by atoms with Gasteiger partial charge in [-0.1, -0.05) is 206 Å². The Morgan fingerprint density at radius 1 is 0.348 bits per heavy atom. The van der Waals surface area contributed by atoms with Crippen molar-refractivity contribution in [2.24, 2.45) is 0 Å². The molecule has 0 aliphatic heterocycles. The van der Waals surface area contributed by atoms with E-state index in [9.17, 15) is 0 Å². The van der Waals surface area contributed by atoms with E-state index in [1.165, 1.54) is 55.1 Å². The Morgan fingerprint density at radius 3 is 1.67 bits per heavy atom. The van der Waals surface area contributed by atoms with Crippen molar-refractivity contribution < 1.29 is 4.42 Å². The van der Waals surface area contributed by atoms with Crippen LogP contribution in [-0.2, 0) is 6.42 Å². The van der Waals surface area contributed by atoms with Gasteiger partial charge in [0.05, 0.1) is 11.4 Å². The van der Waals surface area contributed by atoms with Gasteiger partial charge in [0.1, 0.15) is 11.3 Å². The van der Waals surface area contributed by atoms with Gasteiger partial charge < -0.3 is 9.32 Å². The van der Waals surface area contributed by atoms with Gasteiger partial charge in [0.15, 0.2) is 0 Å². The third-order valence-electron chi connectivity index (χ3n) is 13.2. The van der Waals surface area contributed by atoms with Crippen molar-refractivity contribution in [3.05, 3.63) is 266 Å². The molecule has 1 heterocycles. The SMILES string of the molecule is C1=C(c2ccccc2N(c2ccc(-c3ccc(-c4ccccc4)c(-c4ccccc4)c3)cc2)c2cc(-c3ccc4ccccc4c3)ccc2-c2ccccc2)c2oc3ccccc3c2CC1. The highest BCUT2D eigenvalue weighted by atomic mass is 16.3. The van der Waals surface area contributed by atoms with Crippen LogP contribution in [0.1, 0.15) is 23.3 Å². The molecule has 2 heteroatoms. The molecule has 0 bridgehead atoms. The number of furan rings is 1. The van der Waals surface area contributed by atoms with Crippen LogP contribution >= 0.6 is 0 Å². The summed E-state index contributed by atoms with van der Waals surface area (Å²) in [5, 5.41) is 3.65. The van der Waals surface area contributed by atoms with Crippen molar-refractivity contribution in [2.75, 3.05) is 4.90 Å². The van der Waals surface area contributed by atoms with E-state index < -0.39 is 0 Å². The van der Waals surface area contributed by atoms with Gasteiger partial charge in [-0.15, -0.1) is 0 Å². The molecule has 0 saturated heterocycles. The fourth-order valence-corrected chi connectivity index (χ4v) is 9.93. The lowest BCUT2D eigenvalue weighted by atomic mass is 9.89. The van der Waals surface area contributed by atoms with Crippen LogP contribution in [0.3, 0.4) is 0 Å². The number of para-hydroxylation sites is 2. The zero-order valence-electron chi connectivity index (χ0n) is 36.4. The summed E-state index contributed by atoms with van der Waals surface area (Å²) in [5.41, 5.74) is 19.5. The minimum absolute atomic E-state index is 0.932. The molecule has 0 fully saturated rings. The van der Waals surface area contributed by atoms with Crippen LogP contribution in [0.2, 0.25) is 0 Å². The minimum Gasteiger partial charge on any atom is -0.456 e. The lowest BCUT2D eigenvalue weighted by molar-refractivity contribution is 0.591. The number of allylic oxidation sites excluding steroid dienone is 1. The van der Waals surface area contributed by atoms with E-state index in [1.807, 2.05) is 0 Å². The molecule has 0 radical (unpaired) electrons. The monoisotopic (exact) mass is 843 g/mol. The van der Waals surface area contributed by atoms with Crippen molar-refractivity contribution in [2.45, 2.75) is 12.8 Å². The van der Waals surface area contributed by atoms with E-state index in [2.05, 4.69) is 254 Å². The van der Waals surface area contributed by atoms with Gasteiger partial charge in [-0.05, 0) is 116 Å². The molecule has 0 spiro atoms. The van der Waals surface area contributed by atoms with E-state index in [4.69, 9.17) is 4.42 Å². The fraction of sp³-hybridized carbons (Fsp3) is 0.0312. The number of hydrogen-bond acceptors (Lipinski definition) is 2. The van der Waals surface area contributed by atoms with E-state index in [0.717, 1.165) is 74.6 Å². The minimum atomic E-state index is 0.932. The van der Waals surface area contributed by atoms with Crippen LogP contribution in [0.5, 0.6) is 0 Å². The third kappa shape index (κ3) is 7.19. The normalized spacial score (nSPS) is 12.2. The van der Waals surface area contributed by atoms with E-state index in [0.29, 0.717) is 0 Å². The van der Waals surface area contributed by atoms with Gasteiger partial charge in [0.25, 0.3) is 0 Å².